The van der Waals surface area contributed by atoms with Crippen molar-refractivity contribution in [2.24, 2.45) is 0 Å². The average molecular weight is 403 g/mol. The van der Waals surface area contributed by atoms with Crippen molar-refractivity contribution in [3.63, 3.8) is 0 Å². The fraction of sp³-hybridized carbons (Fsp3) is 0.632. The number of carbonyl (C=O) groups is 1. The summed E-state index contributed by atoms with van der Waals surface area (Å²) in [5.41, 5.74) is 0.382. The summed E-state index contributed by atoms with van der Waals surface area (Å²) in [7, 11) is 0. The molecule has 0 saturated carbocycles. The molecule has 24 heavy (non-hydrogen) atoms. The molecule has 0 radical (unpaired) electrons. The Hall–Kier alpha value is -0.970. The van der Waals surface area contributed by atoms with Crippen LogP contribution >= 0.6 is 15.9 Å². The molecule has 1 aromatic rings. The molecule has 0 fully saturated rings. The molecule has 5 heteroatoms. The van der Waals surface area contributed by atoms with Crippen LogP contribution in [-0.4, -0.2) is 17.8 Å². The second-order valence-corrected chi connectivity index (χ2v) is 7.34. The van der Waals surface area contributed by atoms with Crippen molar-refractivity contribution in [3.05, 3.63) is 28.2 Å². The van der Waals surface area contributed by atoms with Crippen LogP contribution in [0.4, 0.5) is 8.78 Å². The number of rotatable bonds is 9. The number of unbranched alkanes of at least 4 members (excludes halogenated alkanes) is 6. The van der Waals surface area contributed by atoms with Crippen LogP contribution < -0.4 is 4.74 Å². The number of benzene rings is 1. The molecule has 1 atom stereocenters. The van der Waals surface area contributed by atoms with E-state index < -0.39 is 12.0 Å². The van der Waals surface area contributed by atoms with Gasteiger partial charge in [-0.25, -0.2) is 8.78 Å². The van der Waals surface area contributed by atoms with Gasteiger partial charge in [0.25, 0.3) is 5.92 Å². The molecule has 2 nitrogen and oxygen atoms in total. The number of ketones is 1. The van der Waals surface area contributed by atoms with Crippen molar-refractivity contribution >= 4 is 21.7 Å². The van der Waals surface area contributed by atoms with Gasteiger partial charge in [-0.1, -0.05) is 51.5 Å². The van der Waals surface area contributed by atoms with Crippen molar-refractivity contribution in [1.82, 2.24) is 0 Å². The van der Waals surface area contributed by atoms with Crippen LogP contribution in [0, 0.1) is 0 Å². The van der Waals surface area contributed by atoms with E-state index in [2.05, 4.69) is 22.9 Å². The molecule has 0 aliphatic carbocycles. The second-order valence-electron chi connectivity index (χ2n) is 6.48. The summed E-state index contributed by atoms with van der Waals surface area (Å²) in [4.78, 5) is 12.1. The molecule has 1 aliphatic rings. The van der Waals surface area contributed by atoms with Gasteiger partial charge < -0.3 is 4.74 Å². The lowest BCUT2D eigenvalue weighted by atomic mass is 9.94. The monoisotopic (exact) mass is 402 g/mol. The van der Waals surface area contributed by atoms with Crippen LogP contribution in [0.5, 0.6) is 5.75 Å². The van der Waals surface area contributed by atoms with Gasteiger partial charge in [0.2, 0.25) is 0 Å². The number of halogens is 3. The van der Waals surface area contributed by atoms with Crippen LogP contribution in [-0.2, 0) is 0 Å². The van der Waals surface area contributed by atoms with Crippen LogP contribution in [0.15, 0.2) is 22.7 Å². The number of carbonyl (C=O) groups excluding carboxylic acids is 1. The van der Waals surface area contributed by atoms with E-state index in [0.717, 1.165) is 19.3 Å². The summed E-state index contributed by atoms with van der Waals surface area (Å²) < 4.78 is 34.9. The zero-order valence-electron chi connectivity index (χ0n) is 14.1. The van der Waals surface area contributed by atoms with Gasteiger partial charge in [0, 0.05) is 6.42 Å². The van der Waals surface area contributed by atoms with Crippen molar-refractivity contribution in [2.45, 2.75) is 76.7 Å². The lowest BCUT2D eigenvalue weighted by molar-refractivity contribution is -0.104. The summed E-state index contributed by atoms with van der Waals surface area (Å²) in [6, 6.07) is 5.03. The molecule has 1 unspecified atom stereocenters. The largest absolute Gasteiger partial charge is 0.482 e. The van der Waals surface area contributed by atoms with Crippen LogP contribution in [0.1, 0.15) is 75.1 Å². The van der Waals surface area contributed by atoms with Gasteiger partial charge in [-0.3, -0.25) is 4.79 Å². The average Bonchev–Trinajstić information content (AvgIpc) is 2.55. The quantitative estimate of drug-likeness (QED) is 0.437. The molecule has 1 heterocycles. The molecule has 134 valence electrons. The molecule has 0 aromatic heterocycles. The molecule has 0 N–H and O–H groups in total. The molecule has 0 saturated heterocycles. The third-order valence-corrected chi connectivity index (χ3v) is 5.11. The number of hydrogen-bond donors (Lipinski definition) is 0. The summed E-state index contributed by atoms with van der Waals surface area (Å²) in [6.07, 6.45) is 5.11. The Morgan fingerprint density at radius 2 is 1.83 bits per heavy atom. The SMILES string of the molecule is CCCCCCCCCC(F)(F)C1CC(=O)c2cccc(Br)c2O1. The lowest BCUT2D eigenvalue weighted by Crippen LogP contribution is -2.42. The van der Waals surface area contributed by atoms with Crippen LogP contribution in [0.2, 0.25) is 0 Å². The molecular weight excluding hydrogens is 378 g/mol. The zero-order chi connectivity index (χ0) is 17.6. The van der Waals surface area contributed by atoms with Crippen molar-refractivity contribution in [2.75, 3.05) is 0 Å². The maximum atomic E-state index is 14.4. The van der Waals surface area contributed by atoms with E-state index >= 15 is 0 Å². The Balaban J connectivity index is 1.86. The first-order valence-corrected chi connectivity index (χ1v) is 9.61. The minimum Gasteiger partial charge on any atom is -0.482 e. The summed E-state index contributed by atoms with van der Waals surface area (Å²) in [5, 5.41) is 0. The minimum atomic E-state index is -2.98. The first-order valence-electron chi connectivity index (χ1n) is 8.82. The second kappa shape index (κ2) is 8.93. The van der Waals surface area contributed by atoms with E-state index in [1.807, 2.05) is 0 Å². The number of ether oxygens (including phenoxy) is 1. The number of hydrogen-bond acceptors (Lipinski definition) is 2. The summed E-state index contributed by atoms with van der Waals surface area (Å²) in [6.45, 7) is 2.16. The van der Waals surface area contributed by atoms with E-state index in [-0.39, 0.29) is 24.4 Å². The maximum absolute atomic E-state index is 14.4. The van der Waals surface area contributed by atoms with Crippen molar-refractivity contribution in [1.29, 1.82) is 0 Å². The molecule has 0 bridgehead atoms. The highest BCUT2D eigenvalue weighted by molar-refractivity contribution is 9.10. The first kappa shape index (κ1) is 19.4. The van der Waals surface area contributed by atoms with Gasteiger partial charge in [-0.15, -0.1) is 0 Å². The number of para-hydroxylation sites is 1. The van der Waals surface area contributed by atoms with Crippen LogP contribution in [0.25, 0.3) is 0 Å². The fourth-order valence-corrected chi connectivity index (χ4v) is 3.48. The Morgan fingerprint density at radius 1 is 1.17 bits per heavy atom. The summed E-state index contributed by atoms with van der Waals surface area (Å²) in [5.74, 6) is -3.01. The van der Waals surface area contributed by atoms with Crippen molar-refractivity contribution < 1.29 is 18.3 Å². The van der Waals surface area contributed by atoms with E-state index in [4.69, 9.17) is 4.74 Å². The van der Waals surface area contributed by atoms with Crippen molar-refractivity contribution in [3.8, 4) is 5.75 Å². The molecule has 0 spiro atoms. The first-order chi connectivity index (χ1) is 11.5. The smallest absolute Gasteiger partial charge is 0.284 e. The highest BCUT2D eigenvalue weighted by atomic mass is 79.9. The fourth-order valence-electron chi connectivity index (χ4n) is 3.02. The maximum Gasteiger partial charge on any atom is 0.284 e. The predicted molar refractivity (Wildman–Crippen MR) is 95.1 cm³/mol. The van der Waals surface area contributed by atoms with E-state index in [1.54, 1.807) is 18.2 Å². The van der Waals surface area contributed by atoms with Gasteiger partial charge in [0.15, 0.2) is 11.9 Å². The number of Topliss-reactive ketones (excluding diaryl/α,β-unsaturated/α-hetero) is 1. The van der Waals surface area contributed by atoms with Crippen LogP contribution in [0.3, 0.4) is 0 Å². The summed E-state index contributed by atoms with van der Waals surface area (Å²) >= 11 is 3.28. The Morgan fingerprint density at radius 3 is 2.54 bits per heavy atom. The highest BCUT2D eigenvalue weighted by Crippen LogP contribution is 2.40. The third kappa shape index (κ3) is 5.01. The Kier molecular flexibility index (Phi) is 7.20. The Labute approximate surface area is 151 Å². The molecular formula is C19H25BrF2O2. The van der Waals surface area contributed by atoms with E-state index in [0.29, 0.717) is 16.5 Å². The van der Waals surface area contributed by atoms with E-state index in [1.165, 1.54) is 19.3 Å². The van der Waals surface area contributed by atoms with Gasteiger partial charge in [0.1, 0.15) is 5.75 Å². The zero-order valence-corrected chi connectivity index (χ0v) is 15.7. The topological polar surface area (TPSA) is 26.3 Å². The minimum absolute atomic E-state index is 0.224. The van der Waals surface area contributed by atoms with Gasteiger partial charge in [0.05, 0.1) is 16.5 Å². The van der Waals surface area contributed by atoms with Gasteiger partial charge in [-0.05, 0) is 34.5 Å². The molecule has 0 amide bonds. The number of fused-ring (bicyclic) bond motifs is 1. The highest BCUT2D eigenvalue weighted by Gasteiger charge is 2.45. The molecule has 2 rings (SSSR count). The normalized spacial score (nSPS) is 17.5. The van der Waals surface area contributed by atoms with Gasteiger partial charge >= 0.3 is 0 Å². The van der Waals surface area contributed by atoms with Gasteiger partial charge in [-0.2, -0.15) is 0 Å². The standard InChI is InChI=1S/C19H25BrF2O2/c1-2-3-4-5-6-7-8-12-19(21,22)17-13-16(23)14-10-9-11-15(20)18(14)24-17/h9-11,17H,2-8,12-13H2,1H3. The Bertz CT molecular complexity index is 560. The predicted octanol–water partition coefficient (Wildman–Crippen LogP) is 6.56. The molecule has 1 aromatic carbocycles. The van der Waals surface area contributed by atoms with E-state index in [9.17, 15) is 13.6 Å². The molecule has 1 aliphatic heterocycles. The lowest BCUT2D eigenvalue weighted by Gasteiger charge is -2.31. The number of alkyl halides is 2. The third-order valence-electron chi connectivity index (χ3n) is 4.48.